The van der Waals surface area contributed by atoms with Gasteiger partial charge in [0.05, 0.1) is 0 Å². The third kappa shape index (κ3) is 2.20. The normalized spacial score (nSPS) is 27.8. The smallest absolute Gasteiger partial charge is 0.202 e. The molecule has 0 amide bonds. The lowest BCUT2D eigenvalue weighted by molar-refractivity contribution is 0.226. The second-order valence-electron chi connectivity index (χ2n) is 6.27. The number of hydrogen-bond donors (Lipinski definition) is 1. The molecule has 2 aromatic rings. The Hall–Kier alpha value is -1.58. The molecule has 1 aliphatic carbocycles. The number of nitrogens with two attached hydrogens (primary N) is 1. The number of nitrogens with zero attached hydrogens (tertiary/aromatic N) is 3. The van der Waals surface area contributed by atoms with E-state index in [0.717, 1.165) is 28.6 Å². The largest absolute Gasteiger partial charge is 0.369 e. The molecular weight excluding hydrogens is 236 g/mol. The molecule has 4 heteroatoms. The summed E-state index contributed by atoms with van der Waals surface area (Å²) in [5.74, 6) is 2.10. The van der Waals surface area contributed by atoms with Crippen LogP contribution in [0.5, 0.6) is 0 Å². The number of anilines is 1. The lowest BCUT2D eigenvalue weighted by atomic mass is 9.80. The molecule has 2 atom stereocenters. The van der Waals surface area contributed by atoms with E-state index in [1.807, 2.05) is 13.1 Å². The molecule has 1 saturated carbocycles. The first-order valence-electron chi connectivity index (χ1n) is 7.14. The van der Waals surface area contributed by atoms with Crippen molar-refractivity contribution in [3.63, 3.8) is 0 Å². The number of imidazole rings is 1. The summed E-state index contributed by atoms with van der Waals surface area (Å²) in [6, 6.07) is 2.50. The van der Waals surface area contributed by atoms with E-state index in [2.05, 4.69) is 34.4 Å². The topological polar surface area (TPSA) is 56.7 Å². The summed E-state index contributed by atoms with van der Waals surface area (Å²) in [5, 5.41) is 0. The Morgan fingerprint density at radius 2 is 1.89 bits per heavy atom. The summed E-state index contributed by atoms with van der Waals surface area (Å²) in [6.45, 7) is 6.69. The lowest BCUT2D eigenvalue weighted by Crippen LogP contribution is -2.23. The monoisotopic (exact) mass is 258 g/mol. The van der Waals surface area contributed by atoms with Crippen LogP contribution in [0.3, 0.4) is 0 Å². The van der Waals surface area contributed by atoms with Crippen LogP contribution in [0.2, 0.25) is 0 Å². The minimum atomic E-state index is 0.443. The quantitative estimate of drug-likeness (QED) is 0.853. The number of nitrogen functional groups attached to an aromatic ring is 1. The number of hydrogen-bond acceptors (Lipinski definition) is 3. The maximum atomic E-state index is 6.14. The Labute approximate surface area is 114 Å². The van der Waals surface area contributed by atoms with Crippen LogP contribution in [-0.4, -0.2) is 14.5 Å². The summed E-state index contributed by atoms with van der Waals surface area (Å²) in [4.78, 5) is 9.02. The van der Waals surface area contributed by atoms with Crippen LogP contribution in [0.25, 0.3) is 11.2 Å². The molecule has 2 unspecified atom stereocenters. The highest BCUT2D eigenvalue weighted by Gasteiger charge is 2.27. The molecule has 19 heavy (non-hydrogen) atoms. The van der Waals surface area contributed by atoms with E-state index in [-0.39, 0.29) is 0 Å². The van der Waals surface area contributed by atoms with Crippen molar-refractivity contribution in [1.29, 1.82) is 0 Å². The summed E-state index contributed by atoms with van der Waals surface area (Å²) in [5.41, 5.74) is 9.12. The highest BCUT2D eigenvalue weighted by Crippen LogP contribution is 2.38. The summed E-state index contributed by atoms with van der Waals surface area (Å²) in [7, 11) is 0. The van der Waals surface area contributed by atoms with Gasteiger partial charge >= 0.3 is 0 Å². The van der Waals surface area contributed by atoms with Crippen LogP contribution in [-0.2, 0) is 0 Å². The van der Waals surface area contributed by atoms with Crippen molar-refractivity contribution < 1.29 is 0 Å². The molecular formula is C15H22N4. The van der Waals surface area contributed by atoms with Crippen molar-refractivity contribution in [2.45, 2.75) is 46.1 Å². The molecule has 4 nitrogen and oxygen atoms in total. The maximum absolute atomic E-state index is 6.14. The number of aryl methyl sites for hydroxylation is 1. The van der Waals surface area contributed by atoms with Crippen molar-refractivity contribution in [1.82, 2.24) is 14.5 Å². The van der Waals surface area contributed by atoms with E-state index in [0.29, 0.717) is 12.0 Å². The van der Waals surface area contributed by atoms with Crippen molar-refractivity contribution >= 4 is 17.1 Å². The van der Waals surface area contributed by atoms with Gasteiger partial charge in [-0.05, 0) is 49.7 Å². The maximum Gasteiger partial charge on any atom is 0.202 e. The van der Waals surface area contributed by atoms with Gasteiger partial charge in [0.25, 0.3) is 0 Å². The third-order valence-electron chi connectivity index (χ3n) is 4.21. The van der Waals surface area contributed by atoms with Gasteiger partial charge in [-0.25, -0.2) is 9.97 Å². The minimum absolute atomic E-state index is 0.443. The third-order valence-corrected chi connectivity index (χ3v) is 4.21. The van der Waals surface area contributed by atoms with Gasteiger partial charge in [0.15, 0.2) is 5.65 Å². The zero-order chi connectivity index (χ0) is 13.6. The Kier molecular flexibility index (Phi) is 2.96. The SMILES string of the molecule is Cc1cnc2c(c1)nc(N)n2C1CC(C)CC(C)C1. The summed E-state index contributed by atoms with van der Waals surface area (Å²) >= 11 is 0. The van der Waals surface area contributed by atoms with Crippen molar-refractivity contribution in [3.8, 4) is 0 Å². The molecule has 0 saturated heterocycles. The highest BCUT2D eigenvalue weighted by molar-refractivity contribution is 5.74. The zero-order valence-corrected chi connectivity index (χ0v) is 11.9. The predicted molar refractivity (Wildman–Crippen MR) is 77.9 cm³/mol. The van der Waals surface area contributed by atoms with Crippen LogP contribution in [0.1, 0.15) is 44.7 Å². The van der Waals surface area contributed by atoms with Gasteiger partial charge in [-0.3, -0.25) is 4.57 Å². The van der Waals surface area contributed by atoms with Crippen molar-refractivity contribution in [2.24, 2.45) is 11.8 Å². The summed E-state index contributed by atoms with van der Waals surface area (Å²) < 4.78 is 2.15. The first kappa shape index (κ1) is 12.5. The molecule has 102 valence electrons. The van der Waals surface area contributed by atoms with Crippen molar-refractivity contribution in [3.05, 3.63) is 17.8 Å². The van der Waals surface area contributed by atoms with E-state index in [1.54, 1.807) is 0 Å². The Bertz CT molecular complexity index is 591. The molecule has 2 heterocycles. The van der Waals surface area contributed by atoms with Gasteiger partial charge in [0.1, 0.15) is 5.52 Å². The average molecular weight is 258 g/mol. The fourth-order valence-corrected chi connectivity index (χ4v) is 3.58. The second kappa shape index (κ2) is 4.51. The predicted octanol–water partition coefficient (Wildman–Crippen LogP) is 3.32. The van der Waals surface area contributed by atoms with Gasteiger partial charge in [0.2, 0.25) is 5.95 Å². The average Bonchev–Trinajstić information content (AvgIpc) is 2.62. The molecule has 0 bridgehead atoms. The Morgan fingerprint density at radius 3 is 2.58 bits per heavy atom. The van der Waals surface area contributed by atoms with Gasteiger partial charge in [-0.2, -0.15) is 0 Å². The molecule has 2 aromatic heterocycles. The lowest BCUT2D eigenvalue weighted by Gasteiger charge is -2.32. The molecule has 0 aliphatic heterocycles. The van der Waals surface area contributed by atoms with Gasteiger partial charge < -0.3 is 5.73 Å². The van der Waals surface area contributed by atoms with E-state index in [4.69, 9.17) is 5.73 Å². The number of fused-ring (bicyclic) bond motifs is 1. The van der Waals surface area contributed by atoms with Gasteiger partial charge in [0, 0.05) is 12.2 Å². The van der Waals surface area contributed by atoms with Crippen LogP contribution in [0, 0.1) is 18.8 Å². The van der Waals surface area contributed by atoms with E-state index in [9.17, 15) is 0 Å². The van der Waals surface area contributed by atoms with Gasteiger partial charge in [-0.1, -0.05) is 13.8 Å². The molecule has 0 aromatic carbocycles. The Morgan fingerprint density at radius 1 is 1.21 bits per heavy atom. The molecule has 1 fully saturated rings. The van der Waals surface area contributed by atoms with Crippen LogP contribution >= 0.6 is 0 Å². The van der Waals surface area contributed by atoms with Crippen molar-refractivity contribution in [2.75, 3.05) is 5.73 Å². The van der Waals surface area contributed by atoms with E-state index >= 15 is 0 Å². The van der Waals surface area contributed by atoms with E-state index < -0.39 is 0 Å². The zero-order valence-electron chi connectivity index (χ0n) is 11.9. The van der Waals surface area contributed by atoms with Crippen LogP contribution in [0.15, 0.2) is 12.3 Å². The van der Waals surface area contributed by atoms with E-state index in [1.165, 1.54) is 19.3 Å². The molecule has 0 radical (unpaired) electrons. The number of pyridine rings is 1. The first-order valence-corrected chi connectivity index (χ1v) is 7.14. The number of rotatable bonds is 1. The standard InChI is InChI=1S/C15H22N4/c1-9-4-10(2)6-12(5-9)19-14-13(18-15(19)16)7-11(3)8-17-14/h7-10,12H,4-6H2,1-3H3,(H2,16,18). The van der Waals surface area contributed by atoms with Crippen LogP contribution in [0.4, 0.5) is 5.95 Å². The fourth-order valence-electron chi connectivity index (χ4n) is 3.58. The Balaban J connectivity index is 2.06. The first-order chi connectivity index (χ1) is 9.04. The van der Waals surface area contributed by atoms with Crippen LogP contribution < -0.4 is 5.73 Å². The summed E-state index contributed by atoms with van der Waals surface area (Å²) in [6.07, 6.45) is 5.57. The molecule has 0 spiro atoms. The highest BCUT2D eigenvalue weighted by atomic mass is 15.2. The van der Waals surface area contributed by atoms with Gasteiger partial charge in [-0.15, -0.1) is 0 Å². The fraction of sp³-hybridized carbons (Fsp3) is 0.600. The molecule has 3 rings (SSSR count). The molecule has 1 aliphatic rings. The molecule has 2 N–H and O–H groups in total. The number of aromatic nitrogens is 3. The minimum Gasteiger partial charge on any atom is -0.369 e. The second-order valence-corrected chi connectivity index (χ2v) is 6.27.